The third-order valence-corrected chi connectivity index (χ3v) is 9.39. The quantitative estimate of drug-likeness (QED) is 0.172. The van der Waals surface area contributed by atoms with Crippen LogP contribution < -0.4 is 10.6 Å². The lowest BCUT2D eigenvalue weighted by Gasteiger charge is -2.35. The van der Waals surface area contributed by atoms with Crippen LogP contribution in [0, 0.1) is 12.3 Å². The molecule has 8 nitrogen and oxygen atoms in total. The fourth-order valence-corrected chi connectivity index (χ4v) is 6.54. The number of alkyl halides is 1. The van der Waals surface area contributed by atoms with Gasteiger partial charge >= 0.3 is 0 Å². The molecule has 1 saturated heterocycles. The van der Waals surface area contributed by atoms with E-state index < -0.39 is 23.6 Å². The molecule has 232 valence electrons. The molecule has 10 heteroatoms. The van der Waals surface area contributed by atoms with Gasteiger partial charge in [-0.25, -0.2) is 4.98 Å². The average molecular weight is 664 g/mol. The maximum absolute atomic E-state index is 13.8. The molecule has 0 bridgehead atoms. The van der Waals surface area contributed by atoms with Crippen LogP contribution in [0.2, 0.25) is 0 Å². The number of aliphatic hydroxyl groups is 1. The Kier molecular flexibility index (Phi) is 13.0. The van der Waals surface area contributed by atoms with Gasteiger partial charge in [-0.2, -0.15) is 0 Å². The highest BCUT2D eigenvalue weighted by atomic mass is 79.9. The molecule has 0 spiro atoms. The fraction of sp³-hybridized carbons (Fsp3) is 0.625. The number of carbonyl (C=O) groups is 3. The van der Waals surface area contributed by atoms with E-state index in [1.165, 1.54) is 17.7 Å². The van der Waals surface area contributed by atoms with E-state index in [1.807, 2.05) is 64.4 Å². The van der Waals surface area contributed by atoms with Gasteiger partial charge in [0.2, 0.25) is 17.7 Å². The normalized spacial score (nSPS) is 18.5. The van der Waals surface area contributed by atoms with Crippen molar-refractivity contribution >= 4 is 45.0 Å². The van der Waals surface area contributed by atoms with E-state index in [0.29, 0.717) is 6.42 Å². The number of thiazole rings is 1. The van der Waals surface area contributed by atoms with Gasteiger partial charge in [-0.3, -0.25) is 14.4 Å². The number of hydrogen-bond acceptors (Lipinski definition) is 6. The largest absolute Gasteiger partial charge is 0.391 e. The predicted octanol–water partition coefficient (Wildman–Crippen LogP) is 5.91. The van der Waals surface area contributed by atoms with E-state index in [4.69, 9.17) is 0 Å². The molecule has 4 atom stereocenters. The second-order valence-electron chi connectivity index (χ2n) is 12.4. The molecular formula is C32H47BrN4O4S. The Bertz CT molecular complexity index is 1180. The SMILES string of the molecule is Cc1ncsc1-c1ccc(C(C)NC(=O)[C@@H]2C[C@@H](O)CN2C(=O)C(NC(=O)CCCCCCCCBr)C(C)(C)C)cc1. The molecule has 1 fully saturated rings. The Labute approximate surface area is 263 Å². The first kappa shape index (κ1) is 34.2. The molecule has 2 heterocycles. The summed E-state index contributed by atoms with van der Waals surface area (Å²) < 4.78 is 0. The molecule has 0 radical (unpaired) electrons. The van der Waals surface area contributed by atoms with E-state index in [9.17, 15) is 19.5 Å². The number of likely N-dealkylation sites (tertiary alicyclic amines) is 1. The topological polar surface area (TPSA) is 112 Å². The van der Waals surface area contributed by atoms with Gasteiger partial charge in [-0.05, 0) is 43.2 Å². The highest BCUT2D eigenvalue weighted by Crippen LogP contribution is 2.29. The minimum atomic E-state index is -0.810. The summed E-state index contributed by atoms with van der Waals surface area (Å²) in [5, 5.41) is 17.5. The third-order valence-electron chi connectivity index (χ3n) is 7.85. The Morgan fingerprint density at radius 1 is 1.07 bits per heavy atom. The monoisotopic (exact) mass is 662 g/mol. The van der Waals surface area contributed by atoms with Crippen LogP contribution in [-0.2, 0) is 14.4 Å². The zero-order valence-corrected chi connectivity index (χ0v) is 28.0. The van der Waals surface area contributed by atoms with Crippen LogP contribution in [0.5, 0.6) is 0 Å². The van der Waals surface area contributed by atoms with Gasteiger partial charge in [-0.15, -0.1) is 11.3 Å². The molecular weight excluding hydrogens is 616 g/mol. The number of β-amino-alcohol motifs (C(OH)–C–C–N with tert-alkyl or cyclic N) is 1. The van der Waals surface area contributed by atoms with Crippen molar-refractivity contribution in [2.45, 2.75) is 110 Å². The minimum absolute atomic E-state index is 0.0606. The number of halogens is 1. The summed E-state index contributed by atoms with van der Waals surface area (Å²) in [5.74, 6) is -0.803. The minimum Gasteiger partial charge on any atom is -0.391 e. The maximum Gasteiger partial charge on any atom is 0.246 e. The Balaban J connectivity index is 1.61. The van der Waals surface area contributed by atoms with Crippen LogP contribution >= 0.6 is 27.3 Å². The van der Waals surface area contributed by atoms with E-state index in [-0.39, 0.29) is 36.7 Å². The van der Waals surface area contributed by atoms with E-state index in [1.54, 1.807) is 11.3 Å². The number of benzene rings is 1. The van der Waals surface area contributed by atoms with Crippen molar-refractivity contribution in [1.82, 2.24) is 20.5 Å². The summed E-state index contributed by atoms with van der Waals surface area (Å²) in [6.07, 6.45) is 6.09. The summed E-state index contributed by atoms with van der Waals surface area (Å²) in [5.41, 5.74) is 4.26. The Morgan fingerprint density at radius 2 is 1.71 bits per heavy atom. The fourth-order valence-electron chi connectivity index (χ4n) is 5.34. The molecule has 3 amide bonds. The number of rotatable bonds is 14. The van der Waals surface area contributed by atoms with Crippen LogP contribution in [-0.4, -0.2) is 62.8 Å². The van der Waals surface area contributed by atoms with Crippen LogP contribution in [0.4, 0.5) is 0 Å². The lowest BCUT2D eigenvalue weighted by molar-refractivity contribution is -0.144. The number of nitrogens with zero attached hydrogens (tertiary/aromatic N) is 2. The third kappa shape index (κ3) is 9.61. The molecule has 1 aliphatic heterocycles. The Morgan fingerprint density at radius 3 is 2.31 bits per heavy atom. The summed E-state index contributed by atoms with van der Waals surface area (Å²) >= 11 is 5.04. The van der Waals surface area contributed by atoms with Crippen molar-refractivity contribution in [3.05, 3.63) is 41.0 Å². The standard InChI is InChI=1S/C32H47BrN4O4S/c1-21(23-13-15-24(16-14-23)28-22(2)34-20-42-28)35-30(40)26-18-25(38)19-37(26)31(41)29(32(3,4)5)36-27(39)12-10-8-6-7-9-11-17-33/h13-16,20-21,25-26,29,38H,6-12,17-19H2,1-5H3,(H,35,40)(H,36,39)/t21?,25-,26+,29?/m1/s1. The average Bonchev–Trinajstić information content (AvgIpc) is 3.55. The number of hydrogen-bond donors (Lipinski definition) is 3. The highest BCUT2D eigenvalue weighted by molar-refractivity contribution is 9.09. The number of unbranched alkanes of at least 4 members (excludes halogenated alkanes) is 5. The number of aryl methyl sites for hydroxylation is 1. The van der Waals surface area contributed by atoms with Gasteiger partial charge < -0.3 is 20.6 Å². The van der Waals surface area contributed by atoms with Gasteiger partial charge in [0.25, 0.3) is 0 Å². The Hall–Kier alpha value is -2.30. The second-order valence-corrected chi connectivity index (χ2v) is 14.1. The molecule has 2 unspecified atom stereocenters. The van der Waals surface area contributed by atoms with Crippen molar-refractivity contribution in [3.63, 3.8) is 0 Å². The molecule has 1 aromatic heterocycles. The number of carbonyl (C=O) groups excluding carboxylic acids is 3. The maximum atomic E-state index is 13.8. The van der Waals surface area contributed by atoms with Crippen molar-refractivity contribution < 1.29 is 19.5 Å². The van der Waals surface area contributed by atoms with Gasteiger partial charge in [0.05, 0.1) is 28.2 Å². The molecule has 3 N–H and O–H groups in total. The summed E-state index contributed by atoms with van der Waals surface area (Å²) in [4.78, 5) is 47.0. The summed E-state index contributed by atoms with van der Waals surface area (Å²) in [6, 6.07) is 6.12. The van der Waals surface area contributed by atoms with Gasteiger partial charge in [0.1, 0.15) is 12.1 Å². The van der Waals surface area contributed by atoms with Gasteiger partial charge in [0, 0.05) is 24.7 Å². The summed E-state index contributed by atoms with van der Waals surface area (Å²) in [6.45, 7) is 9.66. The van der Waals surface area contributed by atoms with Crippen molar-refractivity contribution in [2.75, 3.05) is 11.9 Å². The lowest BCUT2D eigenvalue weighted by atomic mass is 9.85. The number of aromatic nitrogens is 1. The highest BCUT2D eigenvalue weighted by Gasteiger charge is 2.44. The molecule has 42 heavy (non-hydrogen) atoms. The van der Waals surface area contributed by atoms with E-state index >= 15 is 0 Å². The smallest absolute Gasteiger partial charge is 0.246 e. The van der Waals surface area contributed by atoms with Crippen molar-refractivity contribution in [1.29, 1.82) is 0 Å². The first-order valence-electron chi connectivity index (χ1n) is 15.1. The van der Waals surface area contributed by atoms with Crippen molar-refractivity contribution in [2.24, 2.45) is 5.41 Å². The van der Waals surface area contributed by atoms with Crippen molar-refractivity contribution in [3.8, 4) is 10.4 Å². The molecule has 0 saturated carbocycles. The first-order chi connectivity index (χ1) is 19.9. The van der Waals surface area contributed by atoms with E-state index in [0.717, 1.165) is 52.7 Å². The van der Waals surface area contributed by atoms with Crippen LogP contribution in [0.3, 0.4) is 0 Å². The number of aliphatic hydroxyl groups excluding tert-OH is 1. The van der Waals surface area contributed by atoms with E-state index in [2.05, 4.69) is 31.5 Å². The summed E-state index contributed by atoms with van der Waals surface area (Å²) in [7, 11) is 0. The van der Waals surface area contributed by atoms with Crippen LogP contribution in [0.1, 0.15) is 96.4 Å². The molecule has 2 aromatic rings. The van der Waals surface area contributed by atoms with Gasteiger partial charge in [-0.1, -0.05) is 86.6 Å². The van der Waals surface area contributed by atoms with Crippen LogP contribution in [0.15, 0.2) is 29.8 Å². The van der Waals surface area contributed by atoms with Crippen LogP contribution in [0.25, 0.3) is 10.4 Å². The van der Waals surface area contributed by atoms with Gasteiger partial charge in [0.15, 0.2) is 0 Å². The second kappa shape index (κ2) is 16.0. The molecule has 1 aromatic carbocycles. The number of amides is 3. The number of nitrogens with one attached hydrogen (secondary N) is 2. The first-order valence-corrected chi connectivity index (χ1v) is 17.1. The molecule has 0 aliphatic carbocycles. The predicted molar refractivity (Wildman–Crippen MR) is 172 cm³/mol. The molecule has 1 aliphatic rings. The lowest BCUT2D eigenvalue weighted by Crippen LogP contribution is -2.57. The molecule has 3 rings (SSSR count). The zero-order valence-electron chi connectivity index (χ0n) is 25.6. The zero-order chi connectivity index (χ0) is 30.9.